The van der Waals surface area contributed by atoms with E-state index in [9.17, 15) is 0 Å². The van der Waals surface area contributed by atoms with Gasteiger partial charge in [-0.2, -0.15) is 0 Å². The maximum atomic E-state index is 5.69. The smallest absolute Gasteiger partial charge is 0.0351 e. The highest BCUT2D eigenvalue weighted by Crippen LogP contribution is 2.01. The molecule has 13 heavy (non-hydrogen) atoms. The molecule has 3 heteroatoms. The van der Waals surface area contributed by atoms with Crippen molar-refractivity contribution in [2.24, 2.45) is 0 Å². The molecular weight excluding hydrogens is 205 g/mol. The number of hydrogen-bond acceptors (Lipinski definition) is 1. The highest BCUT2D eigenvalue weighted by molar-refractivity contribution is 6.18. The fourth-order valence-electron chi connectivity index (χ4n) is 1.34. The summed E-state index contributed by atoms with van der Waals surface area (Å²) in [6.07, 6.45) is 5.25. The first-order valence-corrected chi connectivity index (χ1v) is 6.26. The van der Waals surface area contributed by atoms with Crippen molar-refractivity contribution in [3.8, 4) is 0 Å². The van der Waals surface area contributed by atoms with Gasteiger partial charge in [-0.3, -0.25) is 0 Å². The second-order valence-corrected chi connectivity index (χ2v) is 4.04. The van der Waals surface area contributed by atoms with Gasteiger partial charge in [-0.1, -0.05) is 26.2 Å². The highest BCUT2D eigenvalue weighted by Gasteiger charge is 2.01. The number of unbranched alkanes of at least 4 members (excludes halogenated alkanes) is 3. The first kappa shape index (κ1) is 13.5. The molecule has 80 valence electrons. The Bertz CT molecular complexity index is 92.9. The first-order chi connectivity index (χ1) is 6.35. The Balaban J connectivity index is 3.33. The summed E-state index contributed by atoms with van der Waals surface area (Å²) >= 11 is 11.4. The summed E-state index contributed by atoms with van der Waals surface area (Å²) in [5, 5.41) is 0. The van der Waals surface area contributed by atoms with Gasteiger partial charge >= 0.3 is 0 Å². The Labute approximate surface area is 92.4 Å². The molecule has 0 unspecified atom stereocenters. The molecule has 0 rings (SSSR count). The summed E-state index contributed by atoms with van der Waals surface area (Å²) in [6, 6.07) is 0. The van der Waals surface area contributed by atoms with Crippen LogP contribution in [0, 0.1) is 0 Å². The zero-order chi connectivity index (χ0) is 9.94. The van der Waals surface area contributed by atoms with Crippen molar-refractivity contribution in [2.45, 2.75) is 32.6 Å². The summed E-state index contributed by atoms with van der Waals surface area (Å²) in [4.78, 5) is 2.34. The molecule has 0 aliphatic rings. The molecule has 0 aliphatic carbocycles. The monoisotopic (exact) mass is 225 g/mol. The number of alkyl halides is 2. The average molecular weight is 226 g/mol. The van der Waals surface area contributed by atoms with E-state index in [1.165, 1.54) is 25.7 Å². The van der Waals surface area contributed by atoms with Gasteiger partial charge < -0.3 is 4.90 Å². The SMILES string of the molecule is CCCCCCN(CCCl)CCCl. The van der Waals surface area contributed by atoms with Crippen molar-refractivity contribution in [1.29, 1.82) is 0 Å². The minimum atomic E-state index is 0.713. The number of hydrogen-bond donors (Lipinski definition) is 0. The second kappa shape index (κ2) is 10.6. The Kier molecular flexibility index (Phi) is 11.1. The summed E-state index contributed by atoms with van der Waals surface area (Å²) < 4.78 is 0. The van der Waals surface area contributed by atoms with Crippen LogP contribution in [0.15, 0.2) is 0 Å². The van der Waals surface area contributed by atoms with Crippen LogP contribution in [0.2, 0.25) is 0 Å². The standard InChI is InChI=1S/C10H21Cl2N/c1-2-3-4-5-8-13(9-6-11)10-7-12/h2-10H2,1H3. The lowest BCUT2D eigenvalue weighted by molar-refractivity contribution is 0.299. The molecule has 0 saturated heterocycles. The number of rotatable bonds is 9. The maximum absolute atomic E-state index is 5.69. The van der Waals surface area contributed by atoms with E-state index in [0.717, 1.165) is 19.6 Å². The first-order valence-electron chi connectivity index (χ1n) is 5.19. The van der Waals surface area contributed by atoms with Gasteiger partial charge in [-0.15, -0.1) is 23.2 Å². The van der Waals surface area contributed by atoms with E-state index in [1.807, 2.05) is 0 Å². The van der Waals surface area contributed by atoms with E-state index in [0.29, 0.717) is 11.8 Å². The van der Waals surface area contributed by atoms with Crippen LogP contribution in [0.25, 0.3) is 0 Å². The fraction of sp³-hybridized carbons (Fsp3) is 1.00. The van der Waals surface area contributed by atoms with E-state index >= 15 is 0 Å². The van der Waals surface area contributed by atoms with Crippen molar-refractivity contribution >= 4 is 23.2 Å². The molecule has 0 aliphatic heterocycles. The third kappa shape index (κ3) is 8.86. The summed E-state index contributed by atoms with van der Waals surface area (Å²) in [7, 11) is 0. The van der Waals surface area contributed by atoms with E-state index in [4.69, 9.17) is 23.2 Å². The molecule has 0 N–H and O–H groups in total. The lowest BCUT2D eigenvalue weighted by Gasteiger charge is -2.19. The van der Waals surface area contributed by atoms with Gasteiger partial charge in [-0.05, 0) is 13.0 Å². The minimum Gasteiger partial charge on any atom is -0.301 e. The normalized spacial score (nSPS) is 11.1. The van der Waals surface area contributed by atoms with E-state index < -0.39 is 0 Å². The highest BCUT2D eigenvalue weighted by atomic mass is 35.5. The van der Waals surface area contributed by atoms with Crippen molar-refractivity contribution in [3.63, 3.8) is 0 Å². The molecule has 0 radical (unpaired) electrons. The van der Waals surface area contributed by atoms with Crippen LogP contribution >= 0.6 is 23.2 Å². The lowest BCUT2D eigenvalue weighted by Crippen LogP contribution is -2.28. The fourth-order valence-corrected chi connectivity index (χ4v) is 1.81. The van der Waals surface area contributed by atoms with Crippen LogP contribution < -0.4 is 0 Å². The van der Waals surface area contributed by atoms with Gasteiger partial charge in [0.1, 0.15) is 0 Å². The molecular formula is C10H21Cl2N. The second-order valence-electron chi connectivity index (χ2n) is 3.28. The van der Waals surface area contributed by atoms with Gasteiger partial charge in [0.15, 0.2) is 0 Å². The maximum Gasteiger partial charge on any atom is 0.0351 e. The minimum absolute atomic E-state index is 0.713. The van der Waals surface area contributed by atoms with Crippen molar-refractivity contribution < 1.29 is 0 Å². The van der Waals surface area contributed by atoms with E-state index in [-0.39, 0.29) is 0 Å². The molecule has 0 amide bonds. The quantitative estimate of drug-likeness (QED) is 0.430. The largest absolute Gasteiger partial charge is 0.301 e. The van der Waals surface area contributed by atoms with E-state index in [2.05, 4.69) is 11.8 Å². The molecule has 1 nitrogen and oxygen atoms in total. The third-order valence-corrected chi connectivity index (χ3v) is 2.47. The molecule has 0 aromatic heterocycles. The summed E-state index contributed by atoms with van der Waals surface area (Å²) in [5.74, 6) is 1.43. The van der Waals surface area contributed by atoms with Crippen LogP contribution in [0.1, 0.15) is 32.6 Å². The van der Waals surface area contributed by atoms with Crippen molar-refractivity contribution in [1.82, 2.24) is 4.90 Å². The zero-order valence-corrected chi connectivity index (χ0v) is 10.1. The van der Waals surface area contributed by atoms with Crippen LogP contribution in [0.3, 0.4) is 0 Å². The predicted octanol–water partition coefficient (Wildman–Crippen LogP) is 3.35. The molecule has 0 aromatic rings. The lowest BCUT2D eigenvalue weighted by atomic mass is 10.2. The van der Waals surface area contributed by atoms with Gasteiger partial charge in [-0.25, -0.2) is 0 Å². The number of nitrogens with zero attached hydrogens (tertiary/aromatic N) is 1. The molecule has 0 aromatic carbocycles. The Morgan fingerprint density at radius 2 is 1.46 bits per heavy atom. The average Bonchev–Trinajstić information content (AvgIpc) is 2.13. The van der Waals surface area contributed by atoms with Gasteiger partial charge in [0, 0.05) is 24.8 Å². The van der Waals surface area contributed by atoms with Crippen LogP contribution in [0.5, 0.6) is 0 Å². The Morgan fingerprint density at radius 1 is 0.846 bits per heavy atom. The molecule has 0 saturated carbocycles. The van der Waals surface area contributed by atoms with E-state index in [1.54, 1.807) is 0 Å². The molecule has 0 spiro atoms. The van der Waals surface area contributed by atoms with Crippen LogP contribution in [0.4, 0.5) is 0 Å². The molecule has 0 fully saturated rings. The summed E-state index contributed by atoms with van der Waals surface area (Å²) in [5.41, 5.74) is 0. The van der Waals surface area contributed by atoms with Crippen LogP contribution in [-0.2, 0) is 0 Å². The van der Waals surface area contributed by atoms with Gasteiger partial charge in [0.05, 0.1) is 0 Å². The zero-order valence-electron chi connectivity index (χ0n) is 8.57. The van der Waals surface area contributed by atoms with Gasteiger partial charge in [0.2, 0.25) is 0 Å². The van der Waals surface area contributed by atoms with Crippen molar-refractivity contribution in [2.75, 3.05) is 31.4 Å². The topological polar surface area (TPSA) is 3.24 Å². The third-order valence-electron chi connectivity index (χ3n) is 2.13. The Morgan fingerprint density at radius 3 is 1.92 bits per heavy atom. The molecule has 0 atom stereocenters. The Hall–Kier alpha value is 0.540. The van der Waals surface area contributed by atoms with Gasteiger partial charge in [0.25, 0.3) is 0 Å². The van der Waals surface area contributed by atoms with Crippen LogP contribution in [-0.4, -0.2) is 36.3 Å². The predicted molar refractivity (Wildman–Crippen MR) is 62.0 cm³/mol. The molecule has 0 bridgehead atoms. The number of halogens is 2. The summed E-state index contributed by atoms with van der Waals surface area (Å²) in [6.45, 7) is 5.33. The molecule has 0 heterocycles. The van der Waals surface area contributed by atoms with Crippen molar-refractivity contribution in [3.05, 3.63) is 0 Å².